The van der Waals surface area contributed by atoms with Crippen molar-refractivity contribution in [2.45, 2.75) is 19.9 Å². The van der Waals surface area contributed by atoms with Gasteiger partial charge in [0.25, 0.3) is 0 Å². The van der Waals surface area contributed by atoms with Crippen molar-refractivity contribution < 1.29 is 0 Å². The molecular formula is C11H13N3. The lowest BCUT2D eigenvalue weighted by atomic mass is 10.2. The fourth-order valence-corrected chi connectivity index (χ4v) is 1.38. The number of hydrogen-bond acceptors (Lipinski definition) is 3. The number of nitrogens with zero attached hydrogens (tertiary/aromatic N) is 2. The van der Waals surface area contributed by atoms with Crippen molar-refractivity contribution in [2.75, 3.05) is 5.32 Å². The molecule has 14 heavy (non-hydrogen) atoms. The van der Waals surface area contributed by atoms with Crippen LogP contribution in [0.3, 0.4) is 0 Å². The third-order valence-corrected chi connectivity index (χ3v) is 1.94. The highest BCUT2D eigenvalue weighted by molar-refractivity contribution is 5.80. The van der Waals surface area contributed by atoms with E-state index >= 15 is 0 Å². The molecular weight excluding hydrogens is 174 g/mol. The van der Waals surface area contributed by atoms with Gasteiger partial charge < -0.3 is 5.32 Å². The van der Waals surface area contributed by atoms with Crippen molar-refractivity contribution in [1.82, 2.24) is 9.97 Å². The van der Waals surface area contributed by atoms with Gasteiger partial charge in [0.2, 0.25) is 0 Å². The molecule has 0 aromatic carbocycles. The molecule has 2 heterocycles. The second kappa shape index (κ2) is 3.62. The zero-order valence-corrected chi connectivity index (χ0v) is 8.36. The molecule has 0 amide bonds. The quantitative estimate of drug-likeness (QED) is 0.784. The molecule has 0 aliphatic carbocycles. The molecule has 2 aromatic heterocycles. The van der Waals surface area contributed by atoms with Gasteiger partial charge in [-0.3, -0.25) is 9.97 Å². The number of fused-ring (bicyclic) bond motifs is 1. The minimum Gasteiger partial charge on any atom is -0.382 e. The van der Waals surface area contributed by atoms with Crippen LogP contribution in [0.25, 0.3) is 10.9 Å². The van der Waals surface area contributed by atoms with Gasteiger partial charge in [0.05, 0.1) is 23.6 Å². The highest BCUT2D eigenvalue weighted by Gasteiger charge is 1.98. The zero-order valence-electron chi connectivity index (χ0n) is 8.36. The van der Waals surface area contributed by atoms with Crippen LogP contribution in [0, 0.1) is 0 Å². The summed E-state index contributed by atoms with van der Waals surface area (Å²) in [7, 11) is 0. The predicted molar refractivity (Wildman–Crippen MR) is 58.3 cm³/mol. The normalized spacial score (nSPS) is 10.8. The van der Waals surface area contributed by atoms with Crippen LogP contribution < -0.4 is 5.32 Å². The monoisotopic (exact) mass is 187 g/mol. The van der Waals surface area contributed by atoms with Gasteiger partial charge in [0.15, 0.2) is 0 Å². The summed E-state index contributed by atoms with van der Waals surface area (Å²) in [5.74, 6) is 0. The summed E-state index contributed by atoms with van der Waals surface area (Å²) >= 11 is 0. The number of hydrogen-bond donors (Lipinski definition) is 1. The third kappa shape index (κ3) is 1.82. The molecule has 0 saturated carbocycles. The maximum Gasteiger partial charge on any atom is 0.0886 e. The summed E-state index contributed by atoms with van der Waals surface area (Å²) in [5, 5.41) is 4.43. The standard InChI is InChI=1S/C11H13N3/c1-8(2)14-10-5-9-3-4-12-7-11(9)13-6-10/h3-8,14H,1-2H3. The average Bonchev–Trinajstić information content (AvgIpc) is 2.17. The fourth-order valence-electron chi connectivity index (χ4n) is 1.38. The van der Waals surface area contributed by atoms with Crippen molar-refractivity contribution in [2.24, 2.45) is 0 Å². The van der Waals surface area contributed by atoms with Crippen LogP contribution >= 0.6 is 0 Å². The first-order chi connectivity index (χ1) is 6.75. The van der Waals surface area contributed by atoms with E-state index in [1.165, 1.54) is 0 Å². The van der Waals surface area contributed by atoms with E-state index in [-0.39, 0.29) is 0 Å². The van der Waals surface area contributed by atoms with E-state index in [1.54, 1.807) is 12.4 Å². The lowest BCUT2D eigenvalue weighted by Gasteiger charge is -2.09. The van der Waals surface area contributed by atoms with Crippen molar-refractivity contribution in [3.05, 3.63) is 30.7 Å². The van der Waals surface area contributed by atoms with Crippen molar-refractivity contribution >= 4 is 16.6 Å². The van der Waals surface area contributed by atoms with Gasteiger partial charge in [-0.05, 0) is 26.0 Å². The van der Waals surface area contributed by atoms with Gasteiger partial charge in [-0.2, -0.15) is 0 Å². The summed E-state index contributed by atoms with van der Waals surface area (Å²) < 4.78 is 0. The van der Waals surface area contributed by atoms with E-state index in [0.29, 0.717) is 6.04 Å². The smallest absolute Gasteiger partial charge is 0.0886 e. The molecule has 0 fully saturated rings. The van der Waals surface area contributed by atoms with Crippen LogP contribution in [-0.4, -0.2) is 16.0 Å². The molecule has 0 radical (unpaired) electrons. The van der Waals surface area contributed by atoms with E-state index in [2.05, 4.69) is 35.2 Å². The van der Waals surface area contributed by atoms with Crippen molar-refractivity contribution in [1.29, 1.82) is 0 Å². The molecule has 0 spiro atoms. The van der Waals surface area contributed by atoms with Gasteiger partial charge in [-0.15, -0.1) is 0 Å². The van der Waals surface area contributed by atoms with Crippen LogP contribution in [0.4, 0.5) is 5.69 Å². The maximum atomic E-state index is 4.31. The number of aromatic nitrogens is 2. The summed E-state index contributed by atoms with van der Waals surface area (Å²) in [4.78, 5) is 8.33. The third-order valence-electron chi connectivity index (χ3n) is 1.94. The van der Waals surface area contributed by atoms with Gasteiger partial charge >= 0.3 is 0 Å². The van der Waals surface area contributed by atoms with Gasteiger partial charge in [0.1, 0.15) is 0 Å². The number of pyridine rings is 2. The minimum atomic E-state index is 0.427. The first kappa shape index (κ1) is 8.94. The van der Waals surface area contributed by atoms with Crippen LogP contribution in [0.1, 0.15) is 13.8 Å². The van der Waals surface area contributed by atoms with E-state index in [9.17, 15) is 0 Å². The lowest BCUT2D eigenvalue weighted by molar-refractivity contribution is 0.898. The average molecular weight is 187 g/mol. The first-order valence-electron chi connectivity index (χ1n) is 4.72. The molecule has 0 saturated heterocycles. The molecule has 2 aromatic rings. The highest BCUT2D eigenvalue weighted by atomic mass is 14.9. The Morgan fingerprint density at radius 3 is 2.93 bits per heavy atom. The van der Waals surface area contributed by atoms with Crippen LogP contribution in [-0.2, 0) is 0 Å². The maximum absolute atomic E-state index is 4.31. The van der Waals surface area contributed by atoms with E-state index in [1.807, 2.05) is 12.3 Å². The number of anilines is 1. The second-order valence-corrected chi connectivity index (χ2v) is 3.59. The molecule has 0 bridgehead atoms. The molecule has 3 heteroatoms. The number of nitrogens with one attached hydrogen (secondary N) is 1. The summed E-state index contributed by atoms with van der Waals surface area (Å²) in [5.41, 5.74) is 1.99. The van der Waals surface area contributed by atoms with Gasteiger partial charge in [-0.1, -0.05) is 0 Å². The Balaban J connectivity index is 2.41. The van der Waals surface area contributed by atoms with Crippen molar-refractivity contribution in [3.63, 3.8) is 0 Å². The molecule has 2 rings (SSSR count). The Morgan fingerprint density at radius 2 is 2.14 bits per heavy atom. The fraction of sp³-hybridized carbons (Fsp3) is 0.273. The van der Waals surface area contributed by atoms with Crippen molar-refractivity contribution in [3.8, 4) is 0 Å². The lowest BCUT2D eigenvalue weighted by Crippen LogP contribution is -2.09. The minimum absolute atomic E-state index is 0.427. The zero-order chi connectivity index (χ0) is 9.97. The molecule has 72 valence electrons. The highest BCUT2D eigenvalue weighted by Crippen LogP contribution is 2.15. The van der Waals surface area contributed by atoms with Crippen LogP contribution in [0.5, 0.6) is 0 Å². The Labute approximate surface area is 83.2 Å². The number of rotatable bonds is 2. The summed E-state index contributed by atoms with van der Waals surface area (Å²) in [6, 6.07) is 4.48. The SMILES string of the molecule is CC(C)Nc1cnc2cnccc2c1. The van der Waals surface area contributed by atoms with Gasteiger partial charge in [0, 0.05) is 17.6 Å². The Hall–Kier alpha value is -1.64. The Bertz CT molecular complexity index is 437. The molecule has 1 N–H and O–H groups in total. The Kier molecular flexibility index (Phi) is 2.31. The molecule has 0 aliphatic heterocycles. The summed E-state index contributed by atoms with van der Waals surface area (Å²) in [6.45, 7) is 4.22. The largest absolute Gasteiger partial charge is 0.382 e. The molecule has 0 unspecified atom stereocenters. The Morgan fingerprint density at radius 1 is 1.29 bits per heavy atom. The first-order valence-corrected chi connectivity index (χ1v) is 4.72. The topological polar surface area (TPSA) is 37.8 Å². The second-order valence-electron chi connectivity index (χ2n) is 3.59. The molecule has 3 nitrogen and oxygen atoms in total. The summed E-state index contributed by atoms with van der Waals surface area (Å²) in [6.07, 6.45) is 5.39. The van der Waals surface area contributed by atoms with E-state index < -0.39 is 0 Å². The predicted octanol–water partition coefficient (Wildman–Crippen LogP) is 2.45. The van der Waals surface area contributed by atoms with Crippen LogP contribution in [0.2, 0.25) is 0 Å². The van der Waals surface area contributed by atoms with Gasteiger partial charge in [-0.25, -0.2) is 0 Å². The van der Waals surface area contributed by atoms with E-state index in [0.717, 1.165) is 16.6 Å². The van der Waals surface area contributed by atoms with E-state index in [4.69, 9.17) is 0 Å². The van der Waals surface area contributed by atoms with Crippen LogP contribution in [0.15, 0.2) is 30.7 Å². The molecule has 0 atom stereocenters. The molecule has 0 aliphatic rings.